The van der Waals surface area contributed by atoms with Gasteiger partial charge in [-0.2, -0.15) is 5.21 Å². The summed E-state index contributed by atoms with van der Waals surface area (Å²) < 4.78 is 13.6. The Labute approximate surface area is 202 Å². The van der Waals surface area contributed by atoms with Crippen LogP contribution >= 0.6 is 11.6 Å². The highest BCUT2D eigenvalue weighted by Gasteiger charge is 2.16. The standard InChI is InChI=1S/C25H25ClFN7/c26-22-15-29-24(30-19-7-2-1-3-8-19)13-21(22)17-9-10-20(25-31-33-34-32-25)23(12-17)28-14-16-5-4-6-18(27)11-16/h4-6,9-13,15,19,28H,1-3,7-8,14H2,(H,29,30)(H,31,32,33,34). The molecule has 0 bridgehead atoms. The minimum absolute atomic E-state index is 0.270. The van der Waals surface area contributed by atoms with E-state index in [9.17, 15) is 4.39 Å². The number of hydrogen-bond donors (Lipinski definition) is 3. The highest BCUT2D eigenvalue weighted by molar-refractivity contribution is 6.33. The number of nitrogens with one attached hydrogen (secondary N) is 3. The first-order valence-electron chi connectivity index (χ1n) is 11.4. The highest BCUT2D eigenvalue weighted by atomic mass is 35.5. The minimum Gasteiger partial charge on any atom is -0.380 e. The normalized spacial score (nSPS) is 14.2. The van der Waals surface area contributed by atoms with Crippen LogP contribution in [0.1, 0.15) is 37.7 Å². The van der Waals surface area contributed by atoms with E-state index in [4.69, 9.17) is 11.6 Å². The Balaban J connectivity index is 1.46. The number of nitrogens with zero attached hydrogens (tertiary/aromatic N) is 4. The van der Waals surface area contributed by atoms with Gasteiger partial charge in [-0.1, -0.05) is 49.1 Å². The molecule has 3 N–H and O–H groups in total. The van der Waals surface area contributed by atoms with Crippen LogP contribution < -0.4 is 10.6 Å². The summed E-state index contributed by atoms with van der Waals surface area (Å²) in [5.41, 5.74) is 4.19. The van der Waals surface area contributed by atoms with E-state index >= 15 is 0 Å². The summed E-state index contributed by atoms with van der Waals surface area (Å²) in [5, 5.41) is 21.9. The van der Waals surface area contributed by atoms with Crippen molar-refractivity contribution < 1.29 is 4.39 Å². The smallest absolute Gasteiger partial charge is 0.206 e. The molecule has 9 heteroatoms. The van der Waals surface area contributed by atoms with E-state index < -0.39 is 0 Å². The van der Waals surface area contributed by atoms with Crippen molar-refractivity contribution in [2.75, 3.05) is 10.6 Å². The minimum atomic E-state index is -0.270. The van der Waals surface area contributed by atoms with E-state index in [0.717, 1.165) is 46.6 Å². The van der Waals surface area contributed by atoms with Gasteiger partial charge in [0.25, 0.3) is 0 Å². The molecule has 2 heterocycles. The number of hydrogen-bond acceptors (Lipinski definition) is 6. The maximum absolute atomic E-state index is 13.6. The summed E-state index contributed by atoms with van der Waals surface area (Å²) in [6, 6.07) is 14.8. The summed E-state index contributed by atoms with van der Waals surface area (Å²) in [6.45, 7) is 0.435. The van der Waals surface area contributed by atoms with E-state index in [-0.39, 0.29) is 5.82 Å². The van der Waals surface area contributed by atoms with E-state index in [2.05, 4.69) is 36.2 Å². The predicted octanol–water partition coefficient (Wildman–Crippen LogP) is 6.08. The zero-order valence-electron chi connectivity index (χ0n) is 18.6. The Morgan fingerprint density at radius 1 is 1.03 bits per heavy atom. The lowest BCUT2D eigenvalue weighted by atomic mass is 9.95. The molecule has 0 saturated heterocycles. The van der Waals surface area contributed by atoms with Crippen molar-refractivity contribution in [3.8, 4) is 22.5 Å². The third-order valence-corrected chi connectivity index (χ3v) is 6.40. The van der Waals surface area contributed by atoms with Crippen molar-refractivity contribution in [3.05, 3.63) is 71.1 Å². The van der Waals surface area contributed by atoms with Crippen LogP contribution in [0.3, 0.4) is 0 Å². The Bertz CT molecular complexity index is 1260. The molecule has 34 heavy (non-hydrogen) atoms. The summed E-state index contributed by atoms with van der Waals surface area (Å²) in [5.74, 6) is 1.02. The second-order valence-corrected chi connectivity index (χ2v) is 8.92. The van der Waals surface area contributed by atoms with Gasteiger partial charge < -0.3 is 10.6 Å². The van der Waals surface area contributed by atoms with Gasteiger partial charge in [0.1, 0.15) is 11.6 Å². The number of aromatic nitrogens is 5. The summed E-state index contributed by atoms with van der Waals surface area (Å²) in [6.07, 6.45) is 7.80. The van der Waals surface area contributed by atoms with E-state index in [1.54, 1.807) is 12.3 Å². The maximum Gasteiger partial charge on any atom is 0.206 e. The molecule has 1 aliphatic rings. The highest BCUT2D eigenvalue weighted by Crippen LogP contribution is 2.35. The molecule has 1 aliphatic carbocycles. The number of anilines is 2. The van der Waals surface area contributed by atoms with Crippen LogP contribution in [-0.2, 0) is 6.54 Å². The van der Waals surface area contributed by atoms with Crippen molar-refractivity contribution in [1.82, 2.24) is 25.6 Å². The third-order valence-electron chi connectivity index (χ3n) is 6.10. The molecule has 0 aliphatic heterocycles. The molecular formula is C25H25ClFN7. The second kappa shape index (κ2) is 10.2. The van der Waals surface area contributed by atoms with E-state index in [0.29, 0.717) is 23.4 Å². The van der Waals surface area contributed by atoms with Gasteiger partial charge in [-0.25, -0.2) is 9.37 Å². The van der Waals surface area contributed by atoms with Crippen LogP contribution in [0.2, 0.25) is 5.02 Å². The van der Waals surface area contributed by atoms with E-state index in [1.807, 2.05) is 30.3 Å². The lowest BCUT2D eigenvalue weighted by Gasteiger charge is -2.23. The quantitative estimate of drug-likeness (QED) is 0.299. The molecule has 2 aromatic carbocycles. The molecule has 0 radical (unpaired) electrons. The number of rotatable bonds is 7. The Kier molecular flexibility index (Phi) is 6.67. The molecule has 0 amide bonds. The zero-order chi connectivity index (χ0) is 23.3. The number of tetrazole rings is 1. The van der Waals surface area contributed by atoms with Crippen LogP contribution in [0.15, 0.2) is 54.7 Å². The van der Waals surface area contributed by atoms with Gasteiger partial charge in [-0.3, -0.25) is 0 Å². The van der Waals surface area contributed by atoms with Crippen molar-refractivity contribution >= 4 is 23.1 Å². The van der Waals surface area contributed by atoms with Crippen molar-refractivity contribution in [3.63, 3.8) is 0 Å². The van der Waals surface area contributed by atoms with Gasteiger partial charge in [-0.15, -0.1) is 10.2 Å². The lowest BCUT2D eigenvalue weighted by Crippen LogP contribution is -2.22. The predicted molar refractivity (Wildman–Crippen MR) is 132 cm³/mol. The largest absolute Gasteiger partial charge is 0.380 e. The second-order valence-electron chi connectivity index (χ2n) is 8.51. The van der Waals surface area contributed by atoms with Gasteiger partial charge in [-0.05, 0) is 59.5 Å². The van der Waals surface area contributed by atoms with Crippen molar-refractivity contribution in [1.29, 1.82) is 0 Å². The summed E-state index contributed by atoms with van der Waals surface area (Å²) >= 11 is 6.56. The van der Waals surface area contributed by atoms with Crippen molar-refractivity contribution in [2.45, 2.75) is 44.7 Å². The van der Waals surface area contributed by atoms with Crippen LogP contribution in [0.4, 0.5) is 15.9 Å². The fourth-order valence-electron chi connectivity index (χ4n) is 4.37. The van der Waals surface area contributed by atoms with Crippen LogP contribution in [0.5, 0.6) is 0 Å². The Morgan fingerprint density at radius 3 is 2.71 bits per heavy atom. The SMILES string of the molecule is Fc1cccc(CNc2cc(-c3cc(NC4CCCCC4)ncc3Cl)ccc2-c2nn[nH]n2)c1. The molecule has 1 fully saturated rings. The molecule has 4 aromatic rings. The Morgan fingerprint density at radius 2 is 1.91 bits per heavy atom. The molecule has 5 rings (SSSR count). The number of H-pyrrole nitrogens is 1. The maximum atomic E-state index is 13.6. The number of benzene rings is 2. The van der Waals surface area contributed by atoms with Gasteiger partial charge in [0.15, 0.2) is 0 Å². The van der Waals surface area contributed by atoms with Gasteiger partial charge >= 0.3 is 0 Å². The summed E-state index contributed by atoms with van der Waals surface area (Å²) in [7, 11) is 0. The molecule has 0 atom stereocenters. The monoisotopic (exact) mass is 477 g/mol. The van der Waals surface area contributed by atoms with Crippen LogP contribution in [0.25, 0.3) is 22.5 Å². The molecular weight excluding hydrogens is 453 g/mol. The number of pyridine rings is 1. The number of aromatic amines is 1. The number of halogens is 2. The van der Waals surface area contributed by atoms with Gasteiger partial charge in [0, 0.05) is 35.6 Å². The fourth-order valence-corrected chi connectivity index (χ4v) is 4.58. The average Bonchev–Trinajstić information content (AvgIpc) is 3.39. The fraction of sp³-hybridized carbons (Fsp3) is 0.280. The zero-order valence-corrected chi connectivity index (χ0v) is 19.3. The molecule has 1 saturated carbocycles. The first-order valence-corrected chi connectivity index (χ1v) is 11.8. The molecule has 7 nitrogen and oxygen atoms in total. The third kappa shape index (κ3) is 5.17. The van der Waals surface area contributed by atoms with Crippen LogP contribution in [0, 0.1) is 5.82 Å². The average molecular weight is 478 g/mol. The molecule has 0 spiro atoms. The first kappa shape index (κ1) is 22.3. The molecule has 0 unspecified atom stereocenters. The van der Waals surface area contributed by atoms with Crippen molar-refractivity contribution in [2.24, 2.45) is 0 Å². The topological polar surface area (TPSA) is 91.4 Å². The van der Waals surface area contributed by atoms with Gasteiger partial charge in [0.2, 0.25) is 5.82 Å². The first-order chi connectivity index (χ1) is 16.7. The summed E-state index contributed by atoms with van der Waals surface area (Å²) in [4.78, 5) is 4.50. The lowest BCUT2D eigenvalue weighted by molar-refractivity contribution is 0.462. The van der Waals surface area contributed by atoms with Crippen LogP contribution in [-0.4, -0.2) is 31.6 Å². The molecule has 2 aromatic heterocycles. The molecule has 174 valence electrons. The van der Waals surface area contributed by atoms with E-state index in [1.165, 1.54) is 31.4 Å². The Hall–Kier alpha value is -3.52. The van der Waals surface area contributed by atoms with Gasteiger partial charge in [0.05, 0.1) is 5.02 Å².